The van der Waals surface area contributed by atoms with Gasteiger partial charge in [0, 0.05) is 89.0 Å². The van der Waals surface area contributed by atoms with Gasteiger partial charge in [0.1, 0.15) is 44.7 Å². The molecular formula is C102H76O4S2. The van der Waals surface area contributed by atoms with Gasteiger partial charge in [0.15, 0.2) is 0 Å². The number of para-hydroxylation sites is 5. The molecule has 0 fully saturated rings. The lowest BCUT2D eigenvalue weighted by molar-refractivity contribution is 0.668. The molecule has 0 saturated heterocycles. The van der Waals surface area contributed by atoms with Crippen LogP contribution in [0.5, 0.6) is 0 Å². The van der Waals surface area contributed by atoms with Crippen LogP contribution in [0.15, 0.2) is 370 Å². The minimum absolute atomic E-state index is 0.946. The third-order valence-corrected chi connectivity index (χ3v) is 22.5. The van der Waals surface area contributed by atoms with E-state index in [4.69, 9.17) is 17.7 Å². The SMILES string of the molecule is Cc1ccc(-c2ccc3c(c2)oc2ccccc23)cc1.Cc1ccc(-c2ccc3oc4ccccc4c3c2)cc1.Cc1ccc(-c2cccc3c2oc2ccccc23)cc1.Cc1ccc(-c2cccc3oc4ccccc4c23)cc1.Cc1ccc2sc3ccccc3c2c1.Cc1cccc2sc3ccccc3c12. The van der Waals surface area contributed by atoms with Gasteiger partial charge in [0.25, 0.3) is 0 Å². The highest BCUT2D eigenvalue weighted by molar-refractivity contribution is 7.26. The zero-order chi connectivity index (χ0) is 73.2. The Bertz CT molecular complexity index is 6950. The highest BCUT2D eigenvalue weighted by atomic mass is 32.1. The first-order chi connectivity index (χ1) is 53.0. The highest BCUT2D eigenvalue weighted by Gasteiger charge is 2.16. The Morgan fingerprint density at radius 2 is 0.565 bits per heavy atom. The molecule has 0 bridgehead atoms. The Balaban J connectivity index is 0.0000000955. The molecule has 0 spiro atoms. The summed E-state index contributed by atoms with van der Waals surface area (Å²) in [5, 5.41) is 15.0. The number of benzene rings is 16. The van der Waals surface area contributed by atoms with Gasteiger partial charge in [-0.05, 0) is 171 Å². The van der Waals surface area contributed by atoms with E-state index in [-0.39, 0.29) is 0 Å². The molecule has 0 aliphatic rings. The fourth-order valence-electron chi connectivity index (χ4n) is 14.6. The molecule has 6 heteroatoms. The van der Waals surface area contributed by atoms with Crippen LogP contribution < -0.4 is 0 Å². The molecule has 16 aromatic carbocycles. The molecular weight excluding hydrogens is 1350 g/mol. The molecule has 4 nitrogen and oxygen atoms in total. The van der Waals surface area contributed by atoms with Gasteiger partial charge < -0.3 is 17.7 Å². The number of aryl methyl sites for hydroxylation is 6. The average molecular weight is 1430 g/mol. The van der Waals surface area contributed by atoms with Crippen LogP contribution in [0, 0.1) is 41.5 Å². The van der Waals surface area contributed by atoms with Crippen molar-refractivity contribution in [1.29, 1.82) is 0 Å². The smallest absolute Gasteiger partial charge is 0.143 e. The van der Waals surface area contributed by atoms with Gasteiger partial charge in [-0.2, -0.15) is 0 Å². The largest absolute Gasteiger partial charge is 0.456 e. The van der Waals surface area contributed by atoms with E-state index in [2.05, 4.69) is 333 Å². The number of thiophene rings is 2. The molecule has 22 rings (SSSR count). The first kappa shape index (κ1) is 68.3. The zero-order valence-electron chi connectivity index (χ0n) is 60.9. The molecule has 108 heavy (non-hydrogen) atoms. The lowest BCUT2D eigenvalue weighted by Gasteiger charge is -2.04. The number of furan rings is 4. The summed E-state index contributed by atoms with van der Waals surface area (Å²) in [6, 6.07) is 123. The fraction of sp³-hybridized carbons (Fsp3) is 0.0588. The maximum atomic E-state index is 6.07. The van der Waals surface area contributed by atoms with Crippen molar-refractivity contribution in [2.45, 2.75) is 41.5 Å². The molecule has 6 aromatic heterocycles. The summed E-state index contributed by atoms with van der Waals surface area (Å²) < 4.78 is 29.4. The molecule has 0 saturated carbocycles. The predicted molar refractivity (Wildman–Crippen MR) is 464 cm³/mol. The Morgan fingerprint density at radius 3 is 1.20 bits per heavy atom. The summed E-state index contributed by atoms with van der Waals surface area (Å²) in [4.78, 5) is 0. The fourth-order valence-corrected chi connectivity index (χ4v) is 16.8. The second-order valence-electron chi connectivity index (χ2n) is 27.8. The lowest BCUT2D eigenvalue weighted by atomic mass is 9.99. The van der Waals surface area contributed by atoms with E-state index in [9.17, 15) is 0 Å². The van der Waals surface area contributed by atoms with Gasteiger partial charge in [-0.1, -0.05) is 295 Å². The van der Waals surface area contributed by atoms with E-state index < -0.39 is 0 Å². The van der Waals surface area contributed by atoms with Crippen molar-refractivity contribution >= 4 is 151 Å². The van der Waals surface area contributed by atoms with Crippen LogP contribution in [0.1, 0.15) is 33.4 Å². The van der Waals surface area contributed by atoms with Crippen molar-refractivity contribution in [2.75, 3.05) is 0 Å². The topological polar surface area (TPSA) is 52.6 Å². The number of hydrogen-bond acceptors (Lipinski definition) is 6. The van der Waals surface area contributed by atoms with E-state index in [0.717, 1.165) is 50.2 Å². The third-order valence-electron chi connectivity index (χ3n) is 20.2. The zero-order valence-corrected chi connectivity index (χ0v) is 62.6. The van der Waals surface area contributed by atoms with E-state index in [1.807, 2.05) is 83.3 Å². The molecule has 0 atom stereocenters. The van der Waals surface area contributed by atoms with Gasteiger partial charge in [-0.15, -0.1) is 22.7 Å². The maximum Gasteiger partial charge on any atom is 0.143 e. The Labute approximate surface area is 635 Å². The first-order valence-corrected chi connectivity index (χ1v) is 38.3. The highest BCUT2D eigenvalue weighted by Crippen LogP contribution is 2.41. The molecule has 0 N–H and O–H groups in total. The summed E-state index contributed by atoms with van der Waals surface area (Å²) in [5.74, 6) is 0. The summed E-state index contributed by atoms with van der Waals surface area (Å²) in [5.41, 5.74) is 25.1. The standard InChI is InChI=1S/4C19H14O.2C13H10S/c1-13-9-11-14(12-10-13)15-6-4-7-17-16-5-2-3-8-18(16)20-19(15)17;1-13-9-11-14(12-10-13)15-6-4-8-18-19(15)16-5-2-3-7-17(16)20-18;1-13-6-8-14(9-7-13)15-10-11-19-17(12-15)16-4-2-3-5-18(16)20-19;1-13-6-8-14(9-7-13)15-10-11-17-16-4-2-3-5-18(16)20-19(17)12-15;1-9-5-4-8-12-13(9)10-6-2-3-7-11(10)14-12;1-9-6-7-13-11(8-9)10-4-2-3-5-12(10)14-13/h4*2-12H,1H3;2*2-8H,1H3. The predicted octanol–water partition coefficient (Wildman–Crippen LogP) is 31.0. The molecule has 0 unspecified atom stereocenters. The van der Waals surface area contributed by atoms with Crippen LogP contribution in [0.2, 0.25) is 0 Å². The van der Waals surface area contributed by atoms with Crippen molar-refractivity contribution in [2.24, 2.45) is 0 Å². The van der Waals surface area contributed by atoms with Gasteiger partial charge >= 0.3 is 0 Å². The number of hydrogen-bond donors (Lipinski definition) is 0. The number of fused-ring (bicyclic) bond motifs is 18. The lowest BCUT2D eigenvalue weighted by Crippen LogP contribution is -1.80. The van der Waals surface area contributed by atoms with Gasteiger partial charge in [-0.3, -0.25) is 0 Å². The van der Waals surface area contributed by atoms with Crippen LogP contribution in [-0.2, 0) is 0 Å². The van der Waals surface area contributed by atoms with Crippen molar-refractivity contribution in [1.82, 2.24) is 0 Å². The van der Waals surface area contributed by atoms with E-state index in [1.165, 1.54) is 156 Å². The van der Waals surface area contributed by atoms with Gasteiger partial charge in [0.2, 0.25) is 0 Å². The summed E-state index contributed by atoms with van der Waals surface area (Å²) in [6.45, 7) is 12.7. The summed E-state index contributed by atoms with van der Waals surface area (Å²) in [7, 11) is 0. The van der Waals surface area contributed by atoms with Crippen molar-refractivity contribution < 1.29 is 17.7 Å². The van der Waals surface area contributed by atoms with Crippen molar-refractivity contribution in [3.05, 3.63) is 385 Å². The summed E-state index contributed by atoms with van der Waals surface area (Å²) in [6.07, 6.45) is 0. The Kier molecular flexibility index (Phi) is 18.9. The maximum absolute atomic E-state index is 6.07. The van der Waals surface area contributed by atoms with Crippen LogP contribution in [-0.4, -0.2) is 0 Å². The van der Waals surface area contributed by atoms with Crippen molar-refractivity contribution in [3.8, 4) is 44.5 Å². The number of rotatable bonds is 4. The second kappa shape index (κ2) is 30.0. The minimum atomic E-state index is 0.946. The van der Waals surface area contributed by atoms with Gasteiger partial charge in [0.05, 0.1) is 0 Å². The van der Waals surface area contributed by atoms with Gasteiger partial charge in [-0.25, -0.2) is 0 Å². The second-order valence-corrected chi connectivity index (χ2v) is 30.0. The molecule has 0 amide bonds. The molecule has 0 aliphatic heterocycles. The van der Waals surface area contributed by atoms with Crippen molar-refractivity contribution in [3.63, 3.8) is 0 Å². The Hall–Kier alpha value is -12.8. The normalized spacial score (nSPS) is 11.2. The monoisotopic (exact) mass is 1430 g/mol. The van der Waals surface area contributed by atoms with Crippen LogP contribution >= 0.6 is 22.7 Å². The molecule has 6 heterocycles. The van der Waals surface area contributed by atoms with E-state index in [0.29, 0.717) is 0 Å². The molecule has 0 radical (unpaired) electrons. The van der Waals surface area contributed by atoms with Crippen LogP contribution in [0.3, 0.4) is 0 Å². The third kappa shape index (κ3) is 14.0. The average Bonchev–Trinajstić information content (AvgIpc) is 1.64. The quantitative estimate of drug-likeness (QED) is 0.176. The van der Waals surface area contributed by atoms with E-state index >= 15 is 0 Å². The van der Waals surface area contributed by atoms with Crippen LogP contribution in [0.25, 0.3) is 173 Å². The molecule has 520 valence electrons. The minimum Gasteiger partial charge on any atom is -0.456 e. The first-order valence-electron chi connectivity index (χ1n) is 36.6. The summed E-state index contributed by atoms with van der Waals surface area (Å²) >= 11 is 3.75. The van der Waals surface area contributed by atoms with E-state index in [1.54, 1.807) is 0 Å². The molecule has 22 aromatic rings. The Morgan fingerprint density at radius 1 is 0.185 bits per heavy atom. The molecule has 0 aliphatic carbocycles. The van der Waals surface area contributed by atoms with Crippen LogP contribution in [0.4, 0.5) is 0 Å².